The lowest BCUT2D eigenvalue weighted by Gasteiger charge is -1.94. The van der Waals surface area contributed by atoms with Gasteiger partial charge in [0.25, 0.3) is 0 Å². The first-order chi connectivity index (χ1) is 7.75. The molecule has 0 aliphatic rings. The summed E-state index contributed by atoms with van der Waals surface area (Å²) in [4.78, 5) is 29.4. The molecule has 0 spiro atoms. The van der Waals surface area contributed by atoms with Crippen LogP contribution in [0.1, 0.15) is 39.0 Å². The molecule has 0 saturated carbocycles. The molecule has 0 aromatic carbocycles. The van der Waals surface area contributed by atoms with Gasteiger partial charge in [-0.05, 0) is 19.8 Å². The summed E-state index contributed by atoms with van der Waals surface area (Å²) < 4.78 is 0. The molecular formula is C10H18O7. The van der Waals surface area contributed by atoms with Gasteiger partial charge in [-0.15, -0.1) is 0 Å². The molecule has 1 atom stereocenters. The van der Waals surface area contributed by atoms with E-state index in [0.29, 0.717) is 12.8 Å². The number of hydrogen-bond acceptors (Lipinski definition) is 4. The van der Waals surface area contributed by atoms with E-state index in [9.17, 15) is 14.4 Å². The molecule has 0 aliphatic carbocycles. The SMILES string of the molecule is CC(O)CC(=O)O.O=C(O)CCCCC(=O)O. The average molecular weight is 250 g/mol. The van der Waals surface area contributed by atoms with E-state index in [2.05, 4.69) is 0 Å². The van der Waals surface area contributed by atoms with Gasteiger partial charge < -0.3 is 20.4 Å². The largest absolute Gasteiger partial charge is 0.481 e. The summed E-state index contributed by atoms with van der Waals surface area (Å²) in [7, 11) is 0. The van der Waals surface area contributed by atoms with E-state index in [4.69, 9.17) is 20.4 Å². The topological polar surface area (TPSA) is 132 Å². The van der Waals surface area contributed by atoms with Crippen LogP contribution >= 0.6 is 0 Å². The maximum absolute atomic E-state index is 9.90. The third-order valence-electron chi connectivity index (χ3n) is 1.50. The number of aliphatic carboxylic acids is 3. The lowest BCUT2D eigenvalue weighted by Crippen LogP contribution is -2.07. The van der Waals surface area contributed by atoms with Gasteiger partial charge in [-0.1, -0.05) is 0 Å². The van der Waals surface area contributed by atoms with Crippen molar-refractivity contribution in [2.24, 2.45) is 0 Å². The second kappa shape index (κ2) is 10.9. The quantitative estimate of drug-likeness (QED) is 0.485. The minimum absolute atomic E-state index is 0.0628. The van der Waals surface area contributed by atoms with Gasteiger partial charge in [0, 0.05) is 12.8 Å². The zero-order valence-electron chi connectivity index (χ0n) is 9.63. The van der Waals surface area contributed by atoms with Crippen LogP contribution < -0.4 is 0 Å². The minimum atomic E-state index is -0.963. The zero-order chi connectivity index (χ0) is 13.8. The van der Waals surface area contributed by atoms with E-state index < -0.39 is 24.0 Å². The summed E-state index contributed by atoms with van der Waals surface area (Å²) in [6.07, 6.45) is 0.126. The van der Waals surface area contributed by atoms with E-state index >= 15 is 0 Å². The first-order valence-corrected chi connectivity index (χ1v) is 5.09. The number of hydrogen-bond donors (Lipinski definition) is 4. The first kappa shape index (κ1) is 17.8. The number of carboxylic acid groups (broad SMARTS) is 3. The lowest BCUT2D eigenvalue weighted by molar-refractivity contribution is -0.139. The molecule has 0 aromatic rings. The standard InChI is InChI=1S/C6H10O4.C4H8O3/c7-5(8)3-1-2-4-6(9)10;1-3(5)2-4(6)7/h1-4H2,(H,7,8)(H,9,10);3,5H,2H2,1H3,(H,6,7). The van der Waals surface area contributed by atoms with Crippen molar-refractivity contribution in [1.82, 2.24) is 0 Å². The normalized spacial score (nSPS) is 10.9. The highest BCUT2D eigenvalue weighted by molar-refractivity contribution is 5.68. The first-order valence-electron chi connectivity index (χ1n) is 5.09. The van der Waals surface area contributed by atoms with Crippen LogP contribution in [0.3, 0.4) is 0 Å². The summed E-state index contributed by atoms with van der Waals surface area (Å²) in [5, 5.41) is 32.5. The summed E-state index contributed by atoms with van der Waals surface area (Å²) in [6.45, 7) is 1.44. The third-order valence-corrected chi connectivity index (χ3v) is 1.50. The van der Waals surface area contributed by atoms with E-state index in [-0.39, 0.29) is 19.3 Å². The lowest BCUT2D eigenvalue weighted by atomic mass is 10.2. The smallest absolute Gasteiger partial charge is 0.305 e. The van der Waals surface area contributed by atoms with Crippen LogP contribution in [0.5, 0.6) is 0 Å². The Morgan fingerprint density at radius 3 is 1.35 bits per heavy atom. The molecule has 0 rings (SSSR count). The molecule has 1 unspecified atom stereocenters. The van der Waals surface area contributed by atoms with Crippen molar-refractivity contribution in [2.45, 2.75) is 45.1 Å². The number of aliphatic hydroxyl groups is 1. The molecule has 100 valence electrons. The molecule has 17 heavy (non-hydrogen) atoms. The Hall–Kier alpha value is -1.63. The Morgan fingerprint density at radius 2 is 1.24 bits per heavy atom. The number of aliphatic hydroxyl groups excluding tert-OH is 1. The van der Waals surface area contributed by atoms with E-state index in [1.54, 1.807) is 0 Å². The van der Waals surface area contributed by atoms with Gasteiger partial charge in [-0.3, -0.25) is 14.4 Å². The van der Waals surface area contributed by atoms with Gasteiger partial charge in [0.1, 0.15) is 0 Å². The van der Waals surface area contributed by atoms with Gasteiger partial charge in [-0.2, -0.15) is 0 Å². The van der Waals surface area contributed by atoms with Crippen molar-refractivity contribution < 1.29 is 34.8 Å². The number of carboxylic acids is 3. The fourth-order valence-corrected chi connectivity index (χ4v) is 0.805. The minimum Gasteiger partial charge on any atom is -0.481 e. The van der Waals surface area contributed by atoms with Crippen LogP contribution in [0.2, 0.25) is 0 Å². The Bertz CT molecular complexity index is 231. The third kappa shape index (κ3) is 25.0. The molecule has 7 nitrogen and oxygen atoms in total. The van der Waals surface area contributed by atoms with E-state index in [1.165, 1.54) is 6.92 Å². The summed E-state index contributed by atoms with van der Waals surface area (Å²) >= 11 is 0. The maximum Gasteiger partial charge on any atom is 0.305 e. The van der Waals surface area contributed by atoms with Gasteiger partial charge in [0.15, 0.2) is 0 Å². The molecule has 0 aliphatic heterocycles. The molecule has 0 bridgehead atoms. The Labute approximate surface area is 98.7 Å². The highest BCUT2D eigenvalue weighted by atomic mass is 16.4. The van der Waals surface area contributed by atoms with Crippen molar-refractivity contribution >= 4 is 17.9 Å². The second-order valence-electron chi connectivity index (χ2n) is 3.44. The van der Waals surface area contributed by atoms with Gasteiger partial charge in [-0.25, -0.2) is 0 Å². The molecule has 0 amide bonds. The highest BCUT2D eigenvalue weighted by Crippen LogP contribution is 1.98. The Balaban J connectivity index is 0. The van der Waals surface area contributed by atoms with Crippen molar-refractivity contribution in [2.75, 3.05) is 0 Å². The van der Waals surface area contributed by atoms with Crippen molar-refractivity contribution in [1.29, 1.82) is 0 Å². The van der Waals surface area contributed by atoms with E-state index in [0.717, 1.165) is 0 Å². The van der Waals surface area contributed by atoms with Crippen LogP contribution in [0.25, 0.3) is 0 Å². The number of carbonyl (C=O) groups is 3. The molecule has 0 saturated heterocycles. The van der Waals surface area contributed by atoms with Gasteiger partial charge >= 0.3 is 17.9 Å². The van der Waals surface area contributed by atoms with Crippen LogP contribution in [-0.4, -0.2) is 44.4 Å². The number of rotatable bonds is 7. The predicted molar refractivity (Wildman–Crippen MR) is 57.7 cm³/mol. The molecule has 0 heterocycles. The van der Waals surface area contributed by atoms with Crippen LogP contribution in [-0.2, 0) is 14.4 Å². The highest BCUT2D eigenvalue weighted by Gasteiger charge is 2.00. The molecule has 0 aromatic heterocycles. The van der Waals surface area contributed by atoms with Crippen LogP contribution in [0, 0.1) is 0 Å². The van der Waals surface area contributed by atoms with Gasteiger partial charge in [0.05, 0.1) is 12.5 Å². The van der Waals surface area contributed by atoms with E-state index in [1.807, 2.05) is 0 Å². The van der Waals surface area contributed by atoms with Crippen molar-refractivity contribution in [3.8, 4) is 0 Å². The average Bonchev–Trinajstić information content (AvgIpc) is 2.10. The van der Waals surface area contributed by atoms with Crippen molar-refractivity contribution in [3.63, 3.8) is 0 Å². The van der Waals surface area contributed by atoms with Crippen LogP contribution in [0.15, 0.2) is 0 Å². The molecule has 0 radical (unpaired) electrons. The molecule has 0 fully saturated rings. The molecule has 7 heteroatoms. The van der Waals surface area contributed by atoms with Gasteiger partial charge in [0.2, 0.25) is 0 Å². The fraction of sp³-hybridized carbons (Fsp3) is 0.700. The van der Waals surface area contributed by atoms with Crippen LogP contribution in [0.4, 0.5) is 0 Å². The summed E-state index contributed by atoms with van der Waals surface area (Å²) in [6, 6.07) is 0. The monoisotopic (exact) mass is 250 g/mol. The second-order valence-corrected chi connectivity index (χ2v) is 3.44. The Kier molecular flexibility index (Phi) is 11.4. The summed E-state index contributed by atoms with van der Waals surface area (Å²) in [5.41, 5.74) is 0. The molecular weight excluding hydrogens is 232 g/mol. The fourth-order valence-electron chi connectivity index (χ4n) is 0.805. The predicted octanol–water partition coefficient (Wildman–Crippen LogP) is 0.558. The zero-order valence-corrected chi connectivity index (χ0v) is 9.63. The maximum atomic E-state index is 9.90. The molecule has 4 N–H and O–H groups in total. The Morgan fingerprint density at radius 1 is 0.882 bits per heavy atom. The number of unbranched alkanes of at least 4 members (excludes halogenated alkanes) is 1. The summed E-state index contributed by atoms with van der Waals surface area (Å²) in [5.74, 6) is -2.70. The van der Waals surface area contributed by atoms with Crippen molar-refractivity contribution in [3.05, 3.63) is 0 Å².